The van der Waals surface area contributed by atoms with Gasteiger partial charge in [-0.15, -0.1) is 0 Å². The molecule has 0 radical (unpaired) electrons. The molecular weight excluding hydrogens is 466 g/mol. The van der Waals surface area contributed by atoms with Crippen LogP contribution in [0.4, 0.5) is 5.69 Å². The first-order valence-corrected chi connectivity index (χ1v) is 12.8. The van der Waals surface area contributed by atoms with Crippen molar-refractivity contribution < 1.29 is 22.7 Å². The summed E-state index contributed by atoms with van der Waals surface area (Å²) in [6.45, 7) is 5.54. The highest BCUT2D eigenvalue weighted by Gasteiger charge is 2.29. The van der Waals surface area contributed by atoms with E-state index in [1.807, 2.05) is 19.1 Å². The van der Waals surface area contributed by atoms with Crippen molar-refractivity contribution in [2.75, 3.05) is 57.5 Å². The summed E-state index contributed by atoms with van der Waals surface area (Å²) >= 11 is 5.98. The molecule has 10 heteroatoms. The summed E-state index contributed by atoms with van der Waals surface area (Å²) in [6, 6.07) is 11.8. The van der Waals surface area contributed by atoms with E-state index in [0.29, 0.717) is 68.9 Å². The second-order valence-corrected chi connectivity index (χ2v) is 10.4. The Morgan fingerprint density at radius 3 is 2.21 bits per heavy atom. The van der Waals surface area contributed by atoms with E-state index in [9.17, 15) is 13.2 Å². The molecule has 1 amide bonds. The van der Waals surface area contributed by atoms with Gasteiger partial charge in [-0.1, -0.05) is 23.7 Å². The Hall–Kier alpha value is -2.17. The van der Waals surface area contributed by atoms with E-state index in [2.05, 4.69) is 10.2 Å². The van der Waals surface area contributed by atoms with E-state index in [1.165, 1.54) is 10.4 Å². The molecule has 2 aliphatic rings. The molecule has 2 aliphatic heterocycles. The van der Waals surface area contributed by atoms with E-state index in [-0.39, 0.29) is 16.8 Å². The Bertz CT molecular complexity index is 1080. The maximum atomic E-state index is 13.4. The molecule has 2 aromatic carbocycles. The number of ether oxygens (including phenoxy) is 2. The first kappa shape index (κ1) is 24.0. The lowest BCUT2D eigenvalue weighted by Gasteiger charge is -2.31. The first-order chi connectivity index (χ1) is 15.9. The van der Waals surface area contributed by atoms with Crippen molar-refractivity contribution in [2.45, 2.75) is 17.9 Å². The summed E-state index contributed by atoms with van der Waals surface area (Å²) in [6.07, 6.45) is 0. The van der Waals surface area contributed by atoms with Gasteiger partial charge < -0.3 is 19.7 Å². The number of nitrogens with zero attached hydrogens (tertiary/aromatic N) is 2. The maximum Gasteiger partial charge on any atom is 0.253 e. The van der Waals surface area contributed by atoms with E-state index in [4.69, 9.17) is 21.1 Å². The number of rotatable bonds is 6. The highest BCUT2D eigenvalue weighted by Crippen LogP contribution is 2.28. The summed E-state index contributed by atoms with van der Waals surface area (Å²) in [5.74, 6) is -0.335. The number of morpholine rings is 2. The Morgan fingerprint density at radius 1 is 0.970 bits per heavy atom. The number of carbonyl (C=O) groups is 1. The average molecular weight is 494 g/mol. The van der Waals surface area contributed by atoms with Crippen LogP contribution in [0.1, 0.15) is 28.9 Å². The lowest BCUT2D eigenvalue weighted by atomic mass is 10.1. The molecule has 2 fully saturated rings. The molecule has 0 spiro atoms. The number of hydrogen-bond acceptors (Lipinski definition) is 6. The Kier molecular flexibility index (Phi) is 7.55. The molecule has 1 unspecified atom stereocenters. The van der Waals surface area contributed by atoms with Crippen LogP contribution in [-0.4, -0.2) is 71.2 Å². The zero-order valence-corrected chi connectivity index (χ0v) is 20.1. The van der Waals surface area contributed by atoms with Gasteiger partial charge in [0.1, 0.15) is 0 Å². The summed E-state index contributed by atoms with van der Waals surface area (Å²) in [4.78, 5) is 15.5. The monoisotopic (exact) mass is 493 g/mol. The molecule has 0 aromatic heterocycles. The van der Waals surface area contributed by atoms with Crippen LogP contribution < -0.4 is 10.2 Å². The quantitative estimate of drug-likeness (QED) is 0.665. The lowest BCUT2D eigenvalue weighted by Crippen LogP contribution is -2.41. The largest absolute Gasteiger partial charge is 0.379 e. The van der Waals surface area contributed by atoms with Crippen molar-refractivity contribution in [3.8, 4) is 0 Å². The highest BCUT2D eigenvalue weighted by molar-refractivity contribution is 7.89. The fourth-order valence-electron chi connectivity index (χ4n) is 3.98. The van der Waals surface area contributed by atoms with Crippen molar-refractivity contribution >= 4 is 33.2 Å². The van der Waals surface area contributed by atoms with Gasteiger partial charge >= 0.3 is 0 Å². The number of benzene rings is 2. The van der Waals surface area contributed by atoms with Gasteiger partial charge in [-0.3, -0.25) is 4.79 Å². The van der Waals surface area contributed by atoms with Crippen molar-refractivity contribution in [2.24, 2.45) is 0 Å². The molecule has 0 saturated carbocycles. The van der Waals surface area contributed by atoms with Gasteiger partial charge in [0.05, 0.1) is 42.9 Å². The minimum absolute atomic E-state index is 0.103. The Labute approximate surface area is 199 Å². The normalized spacial score (nSPS) is 18.7. The van der Waals surface area contributed by atoms with Crippen molar-refractivity contribution in [3.63, 3.8) is 0 Å². The highest BCUT2D eigenvalue weighted by atomic mass is 35.5. The van der Waals surface area contributed by atoms with Gasteiger partial charge in [0, 0.05) is 36.9 Å². The van der Waals surface area contributed by atoms with Crippen LogP contribution >= 0.6 is 11.6 Å². The predicted octanol–water partition coefficient (Wildman–Crippen LogP) is 2.69. The van der Waals surface area contributed by atoms with Crippen LogP contribution in [0, 0.1) is 0 Å². The number of amides is 1. The van der Waals surface area contributed by atoms with Gasteiger partial charge in [0.25, 0.3) is 5.91 Å². The van der Waals surface area contributed by atoms with Gasteiger partial charge in [-0.05, 0) is 42.8 Å². The van der Waals surface area contributed by atoms with E-state index < -0.39 is 10.0 Å². The van der Waals surface area contributed by atoms with Crippen LogP contribution in [-0.2, 0) is 19.5 Å². The third-order valence-corrected chi connectivity index (χ3v) is 8.04. The van der Waals surface area contributed by atoms with Crippen LogP contribution in [0.3, 0.4) is 0 Å². The molecule has 2 saturated heterocycles. The number of hydrogen-bond donors (Lipinski definition) is 1. The van der Waals surface area contributed by atoms with Crippen LogP contribution in [0.25, 0.3) is 0 Å². The van der Waals surface area contributed by atoms with Crippen molar-refractivity contribution in [1.82, 2.24) is 9.62 Å². The average Bonchev–Trinajstić information content (AvgIpc) is 2.85. The minimum Gasteiger partial charge on any atom is -0.379 e. The third kappa shape index (κ3) is 5.50. The summed E-state index contributed by atoms with van der Waals surface area (Å²) in [7, 11) is -3.74. The fourth-order valence-corrected chi connectivity index (χ4v) is 5.54. The number of halogens is 1. The number of nitrogens with one attached hydrogen (secondary N) is 1. The Balaban J connectivity index is 1.65. The number of sulfonamides is 1. The van der Waals surface area contributed by atoms with Gasteiger partial charge in [-0.25, -0.2) is 8.42 Å². The molecule has 0 aliphatic carbocycles. The van der Waals surface area contributed by atoms with E-state index >= 15 is 0 Å². The molecule has 8 nitrogen and oxygen atoms in total. The minimum atomic E-state index is -3.74. The van der Waals surface area contributed by atoms with Crippen LogP contribution in [0.15, 0.2) is 47.4 Å². The van der Waals surface area contributed by atoms with E-state index in [1.54, 1.807) is 24.3 Å². The molecule has 2 aromatic rings. The molecule has 1 atom stereocenters. The van der Waals surface area contributed by atoms with Gasteiger partial charge in [-0.2, -0.15) is 4.31 Å². The van der Waals surface area contributed by atoms with Crippen molar-refractivity contribution in [3.05, 3.63) is 58.6 Å². The number of anilines is 1. The molecule has 178 valence electrons. The molecule has 4 rings (SSSR count). The predicted molar refractivity (Wildman–Crippen MR) is 126 cm³/mol. The molecule has 1 N–H and O–H groups in total. The smallest absolute Gasteiger partial charge is 0.253 e. The summed E-state index contributed by atoms with van der Waals surface area (Å²) in [5.41, 5.74) is 1.92. The standard InChI is InChI=1S/C23H28ClN3O5S/c1-17(18-2-4-19(24)5-3-18)25-23(28)21-16-20(33(29,30)27-10-14-32-15-11-27)6-7-22(21)26-8-12-31-13-9-26/h2-7,16-17H,8-15H2,1H3,(H,25,28). The van der Waals surface area contributed by atoms with Gasteiger partial charge in [0.15, 0.2) is 0 Å². The van der Waals surface area contributed by atoms with Crippen LogP contribution in [0.5, 0.6) is 0 Å². The molecular formula is C23H28ClN3O5S. The first-order valence-electron chi connectivity index (χ1n) is 11.0. The van der Waals surface area contributed by atoms with Crippen LogP contribution in [0.2, 0.25) is 5.02 Å². The second kappa shape index (κ2) is 10.4. The third-order valence-electron chi connectivity index (χ3n) is 5.89. The maximum absolute atomic E-state index is 13.4. The molecule has 2 heterocycles. The SMILES string of the molecule is CC(NC(=O)c1cc(S(=O)(=O)N2CCOCC2)ccc1N1CCOCC1)c1ccc(Cl)cc1. The van der Waals surface area contributed by atoms with Gasteiger partial charge in [0.2, 0.25) is 10.0 Å². The summed E-state index contributed by atoms with van der Waals surface area (Å²) in [5, 5.41) is 3.62. The number of carbonyl (C=O) groups excluding carboxylic acids is 1. The molecule has 0 bridgehead atoms. The molecule has 33 heavy (non-hydrogen) atoms. The summed E-state index contributed by atoms with van der Waals surface area (Å²) < 4.78 is 38.6. The second-order valence-electron chi connectivity index (χ2n) is 8.04. The van der Waals surface area contributed by atoms with Crippen molar-refractivity contribution in [1.29, 1.82) is 0 Å². The van der Waals surface area contributed by atoms with E-state index in [0.717, 1.165) is 5.56 Å². The lowest BCUT2D eigenvalue weighted by molar-refractivity contribution is 0.0730. The Morgan fingerprint density at radius 2 is 1.58 bits per heavy atom. The fraction of sp³-hybridized carbons (Fsp3) is 0.435. The zero-order chi connectivity index (χ0) is 23.4. The topological polar surface area (TPSA) is 88.2 Å². The zero-order valence-electron chi connectivity index (χ0n) is 18.5.